The number of esters is 1. The molecule has 150 valence electrons. The summed E-state index contributed by atoms with van der Waals surface area (Å²) in [7, 11) is 0. The summed E-state index contributed by atoms with van der Waals surface area (Å²) in [5.74, 6) is -7.84. The van der Waals surface area contributed by atoms with Gasteiger partial charge < -0.3 is 4.74 Å². The Bertz CT molecular complexity index is 803. The fourth-order valence-corrected chi connectivity index (χ4v) is 2.97. The molecule has 0 aromatic heterocycles. The van der Waals surface area contributed by atoms with Crippen molar-refractivity contribution in [2.24, 2.45) is 17.3 Å². The van der Waals surface area contributed by atoms with Gasteiger partial charge in [0.25, 0.3) is 0 Å². The first kappa shape index (κ1) is 21.8. The molecular formula is C16H11Cl2F7O2. The topological polar surface area (TPSA) is 26.3 Å². The summed E-state index contributed by atoms with van der Waals surface area (Å²) >= 11 is 10.4. The Morgan fingerprint density at radius 3 is 2.22 bits per heavy atom. The molecular weight excluding hydrogens is 428 g/mol. The number of carbonyl (C=O) groups excluding carboxylic acids is 1. The van der Waals surface area contributed by atoms with E-state index in [9.17, 15) is 35.5 Å². The third-order valence-corrected chi connectivity index (χ3v) is 4.97. The molecule has 1 aromatic carbocycles. The predicted octanol–water partition coefficient (Wildman–Crippen LogP) is 6.17. The van der Waals surface area contributed by atoms with Crippen molar-refractivity contribution in [2.45, 2.75) is 26.1 Å². The molecule has 0 saturated heterocycles. The van der Waals surface area contributed by atoms with Crippen LogP contribution in [0.2, 0.25) is 5.02 Å². The fourth-order valence-electron chi connectivity index (χ4n) is 2.69. The van der Waals surface area contributed by atoms with Crippen LogP contribution >= 0.6 is 23.2 Å². The van der Waals surface area contributed by atoms with Crippen LogP contribution < -0.4 is 0 Å². The van der Waals surface area contributed by atoms with E-state index in [2.05, 4.69) is 4.74 Å². The molecule has 0 spiro atoms. The van der Waals surface area contributed by atoms with E-state index in [1.54, 1.807) is 0 Å². The van der Waals surface area contributed by atoms with Crippen LogP contribution in [0, 0.1) is 28.9 Å². The Balaban J connectivity index is 2.23. The molecule has 1 saturated carbocycles. The predicted molar refractivity (Wildman–Crippen MR) is 82.1 cm³/mol. The molecule has 0 N–H and O–H groups in total. The Kier molecular flexibility index (Phi) is 5.53. The van der Waals surface area contributed by atoms with Crippen LogP contribution in [0.3, 0.4) is 0 Å². The van der Waals surface area contributed by atoms with Gasteiger partial charge in [-0.15, -0.1) is 0 Å². The van der Waals surface area contributed by atoms with Gasteiger partial charge in [0.1, 0.15) is 10.6 Å². The normalized spacial score (nSPS) is 22.6. The van der Waals surface area contributed by atoms with Gasteiger partial charge in [-0.2, -0.15) is 22.0 Å². The first-order chi connectivity index (χ1) is 12.1. The standard InChI is InChI=1S/C16H11Cl2F7O2/c1-14(2)7(5-9(18)15(21,22)23)10(14)13(26)27-16(24,25)6-3-4-8(17)12(20)11(6)19/h3-5,7,10H,1-2H3. The highest BCUT2D eigenvalue weighted by Crippen LogP contribution is 2.61. The summed E-state index contributed by atoms with van der Waals surface area (Å²) < 4.78 is 96.7. The number of halogens is 9. The van der Waals surface area contributed by atoms with Gasteiger partial charge in [0.05, 0.1) is 10.9 Å². The summed E-state index contributed by atoms with van der Waals surface area (Å²) in [6, 6.07) is 1.08. The minimum atomic E-state index is -4.86. The van der Waals surface area contributed by atoms with E-state index < -0.39 is 62.8 Å². The van der Waals surface area contributed by atoms with Gasteiger partial charge in [0.15, 0.2) is 11.6 Å². The van der Waals surface area contributed by atoms with E-state index >= 15 is 0 Å². The monoisotopic (exact) mass is 438 g/mol. The zero-order chi connectivity index (χ0) is 20.9. The molecule has 2 unspecified atom stereocenters. The van der Waals surface area contributed by atoms with Crippen LogP contribution in [0.25, 0.3) is 0 Å². The summed E-state index contributed by atoms with van der Waals surface area (Å²) in [5, 5.41) is -2.26. The lowest BCUT2D eigenvalue weighted by molar-refractivity contribution is -0.243. The fraction of sp³-hybridized carbons (Fsp3) is 0.438. The minimum absolute atomic E-state index is 0.434. The summed E-state index contributed by atoms with van der Waals surface area (Å²) in [5.41, 5.74) is -2.72. The third-order valence-electron chi connectivity index (χ3n) is 4.34. The lowest BCUT2D eigenvalue weighted by Gasteiger charge is -2.18. The molecule has 27 heavy (non-hydrogen) atoms. The van der Waals surface area contributed by atoms with Crippen LogP contribution in [0.15, 0.2) is 23.2 Å². The number of carbonyl (C=O) groups is 1. The average Bonchev–Trinajstić information content (AvgIpc) is 3.04. The smallest absolute Gasteiger partial charge is 0.397 e. The number of ether oxygens (including phenoxy) is 1. The van der Waals surface area contributed by atoms with Crippen LogP contribution in [0.1, 0.15) is 19.4 Å². The molecule has 2 atom stereocenters. The number of hydrogen-bond acceptors (Lipinski definition) is 2. The summed E-state index contributed by atoms with van der Waals surface area (Å²) in [6.45, 7) is 2.70. The van der Waals surface area contributed by atoms with Gasteiger partial charge in [0.2, 0.25) is 0 Å². The first-order valence-electron chi connectivity index (χ1n) is 7.30. The van der Waals surface area contributed by atoms with Gasteiger partial charge in [-0.3, -0.25) is 4.79 Å². The van der Waals surface area contributed by atoms with E-state index in [0.29, 0.717) is 18.2 Å². The first-order valence-corrected chi connectivity index (χ1v) is 8.05. The van der Waals surface area contributed by atoms with Crippen molar-refractivity contribution in [2.75, 3.05) is 0 Å². The van der Waals surface area contributed by atoms with Gasteiger partial charge in [-0.25, -0.2) is 8.78 Å². The number of hydrogen-bond donors (Lipinski definition) is 0. The maximum absolute atomic E-state index is 14.1. The zero-order valence-corrected chi connectivity index (χ0v) is 15.1. The molecule has 0 heterocycles. The van der Waals surface area contributed by atoms with Crippen molar-refractivity contribution in [3.8, 4) is 0 Å². The Morgan fingerprint density at radius 1 is 1.15 bits per heavy atom. The molecule has 11 heteroatoms. The van der Waals surface area contributed by atoms with E-state index in [-0.39, 0.29) is 0 Å². The number of rotatable bonds is 4. The molecule has 0 radical (unpaired) electrons. The molecule has 0 bridgehead atoms. The second-order valence-electron chi connectivity index (χ2n) is 6.50. The van der Waals surface area contributed by atoms with Crippen LogP contribution in [-0.4, -0.2) is 12.1 Å². The molecule has 0 amide bonds. The van der Waals surface area contributed by atoms with E-state index in [4.69, 9.17) is 23.2 Å². The van der Waals surface area contributed by atoms with Gasteiger partial charge >= 0.3 is 18.3 Å². The number of allylic oxidation sites excluding steroid dienone is 2. The maximum Gasteiger partial charge on any atom is 0.431 e. The van der Waals surface area contributed by atoms with Gasteiger partial charge in [-0.1, -0.05) is 43.1 Å². The summed E-state index contributed by atoms with van der Waals surface area (Å²) in [6.07, 6.45) is -8.88. The highest BCUT2D eigenvalue weighted by atomic mass is 35.5. The molecule has 2 nitrogen and oxygen atoms in total. The largest absolute Gasteiger partial charge is 0.431 e. The summed E-state index contributed by atoms with van der Waals surface area (Å²) in [4.78, 5) is 12.0. The number of alkyl halides is 5. The Morgan fingerprint density at radius 2 is 1.70 bits per heavy atom. The van der Waals surface area contributed by atoms with Crippen LogP contribution in [-0.2, 0) is 15.6 Å². The van der Waals surface area contributed by atoms with Crippen molar-refractivity contribution >= 4 is 29.2 Å². The SMILES string of the molecule is CC1(C)C(C=C(Cl)C(F)(F)F)C1C(=O)OC(F)(F)c1ccc(Cl)c(F)c1F. The van der Waals surface area contributed by atoms with Crippen molar-refractivity contribution in [1.29, 1.82) is 0 Å². The van der Waals surface area contributed by atoms with Gasteiger partial charge in [0, 0.05) is 0 Å². The molecule has 2 rings (SSSR count). The molecule has 1 fully saturated rings. The van der Waals surface area contributed by atoms with Crippen molar-refractivity contribution in [1.82, 2.24) is 0 Å². The second kappa shape index (κ2) is 6.84. The lowest BCUT2D eigenvalue weighted by atomic mass is 10.1. The third kappa shape index (κ3) is 4.18. The van der Waals surface area contributed by atoms with E-state index in [0.717, 1.165) is 0 Å². The van der Waals surface area contributed by atoms with Crippen molar-refractivity contribution in [3.05, 3.63) is 45.5 Å². The highest BCUT2D eigenvalue weighted by molar-refractivity contribution is 6.30. The second-order valence-corrected chi connectivity index (χ2v) is 7.31. The quantitative estimate of drug-likeness (QED) is 0.319. The van der Waals surface area contributed by atoms with Gasteiger partial charge in [-0.05, 0) is 23.5 Å². The lowest BCUT2D eigenvalue weighted by Crippen LogP contribution is -2.26. The Labute approximate surface area is 158 Å². The number of benzene rings is 1. The Hall–Kier alpha value is -1.48. The minimum Gasteiger partial charge on any atom is -0.397 e. The molecule has 1 aliphatic rings. The van der Waals surface area contributed by atoms with E-state index in [1.165, 1.54) is 13.8 Å². The highest BCUT2D eigenvalue weighted by Gasteiger charge is 2.63. The molecule has 1 aromatic rings. The van der Waals surface area contributed by atoms with Crippen LogP contribution in [0.5, 0.6) is 0 Å². The van der Waals surface area contributed by atoms with Crippen molar-refractivity contribution < 1.29 is 40.3 Å². The average molecular weight is 439 g/mol. The van der Waals surface area contributed by atoms with Crippen molar-refractivity contribution in [3.63, 3.8) is 0 Å². The van der Waals surface area contributed by atoms with Crippen LogP contribution in [0.4, 0.5) is 30.7 Å². The maximum atomic E-state index is 14.1. The zero-order valence-electron chi connectivity index (χ0n) is 13.6. The van der Waals surface area contributed by atoms with E-state index in [1.807, 2.05) is 0 Å². The molecule has 1 aliphatic carbocycles. The molecule has 0 aliphatic heterocycles.